The highest BCUT2D eigenvalue weighted by atomic mass is 16.5. The van der Waals surface area contributed by atoms with Crippen molar-refractivity contribution in [2.75, 3.05) is 26.8 Å². The van der Waals surface area contributed by atoms with Crippen LogP contribution in [0, 0.1) is 5.92 Å². The molecule has 1 amide bonds. The summed E-state index contributed by atoms with van der Waals surface area (Å²) < 4.78 is 11.7. The Balaban J connectivity index is 2.42. The predicted octanol–water partition coefficient (Wildman–Crippen LogP) is 4.03. The topological polar surface area (TPSA) is 38.8 Å². The number of benzene rings is 1. The molecule has 1 saturated heterocycles. The lowest BCUT2D eigenvalue weighted by molar-refractivity contribution is -0.134. The van der Waals surface area contributed by atoms with Gasteiger partial charge >= 0.3 is 0 Å². The van der Waals surface area contributed by atoms with Crippen molar-refractivity contribution in [1.29, 1.82) is 0 Å². The molecule has 0 radical (unpaired) electrons. The second kappa shape index (κ2) is 8.70. The van der Waals surface area contributed by atoms with Crippen LogP contribution in [0.1, 0.15) is 52.5 Å². The summed E-state index contributed by atoms with van der Waals surface area (Å²) in [5.41, 5.74) is 0.923. The minimum atomic E-state index is -0.223. The minimum absolute atomic E-state index is 0.170. The fraction of sp³-hybridized carbons (Fsp3) is 0.667. The molecule has 0 bridgehead atoms. The Bertz CT molecular complexity index is 568. The van der Waals surface area contributed by atoms with E-state index in [2.05, 4.69) is 19.9 Å². The maximum absolute atomic E-state index is 13.0. The lowest BCUT2D eigenvalue weighted by Crippen LogP contribution is -2.45. The van der Waals surface area contributed by atoms with Gasteiger partial charge in [-0.15, -0.1) is 0 Å². The van der Waals surface area contributed by atoms with E-state index in [1.807, 2.05) is 36.9 Å². The van der Waals surface area contributed by atoms with Crippen molar-refractivity contribution in [3.05, 3.63) is 29.8 Å². The van der Waals surface area contributed by atoms with E-state index in [0.29, 0.717) is 18.9 Å². The molecule has 1 aromatic rings. The molecule has 4 nitrogen and oxygen atoms in total. The Hall–Kier alpha value is -1.55. The molecule has 1 aliphatic heterocycles. The van der Waals surface area contributed by atoms with Crippen molar-refractivity contribution in [2.45, 2.75) is 58.5 Å². The van der Waals surface area contributed by atoms with Crippen molar-refractivity contribution in [3.8, 4) is 5.75 Å². The Morgan fingerprint density at radius 3 is 2.60 bits per heavy atom. The van der Waals surface area contributed by atoms with Crippen LogP contribution < -0.4 is 4.74 Å². The van der Waals surface area contributed by atoms with Gasteiger partial charge < -0.3 is 14.4 Å². The van der Waals surface area contributed by atoms with Crippen LogP contribution in [0.15, 0.2) is 24.3 Å². The zero-order valence-corrected chi connectivity index (χ0v) is 16.4. The normalized spacial score (nSPS) is 23.5. The Morgan fingerprint density at radius 2 is 2.00 bits per heavy atom. The lowest BCUT2D eigenvalue weighted by atomic mass is 9.68. The molecule has 1 fully saturated rings. The van der Waals surface area contributed by atoms with Crippen molar-refractivity contribution < 1.29 is 14.3 Å². The van der Waals surface area contributed by atoms with Gasteiger partial charge in [-0.25, -0.2) is 0 Å². The third-order valence-electron chi connectivity index (χ3n) is 5.53. The van der Waals surface area contributed by atoms with Crippen molar-refractivity contribution in [3.63, 3.8) is 0 Å². The Labute approximate surface area is 152 Å². The van der Waals surface area contributed by atoms with Crippen LogP contribution in [-0.4, -0.2) is 43.7 Å². The van der Waals surface area contributed by atoms with Crippen LogP contribution in [-0.2, 0) is 14.9 Å². The maximum Gasteiger partial charge on any atom is 0.223 e. The average Bonchev–Trinajstić information content (AvgIpc) is 2.62. The number of hydrogen-bond acceptors (Lipinski definition) is 3. The maximum atomic E-state index is 13.0. The lowest BCUT2D eigenvalue weighted by Gasteiger charge is -2.43. The van der Waals surface area contributed by atoms with E-state index in [-0.39, 0.29) is 17.4 Å². The number of carbonyl (C=O) groups is 1. The Kier molecular flexibility index (Phi) is 6.88. The molecular formula is C21H33NO3. The first-order chi connectivity index (χ1) is 12.0. The van der Waals surface area contributed by atoms with Gasteiger partial charge in [0.2, 0.25) is 5.91 Å². The second-order valence-electron chi connectivity index (χ2n) is 7.33. The Morgan fingerprint density at radius 1 is 1.32 bits per heavy atom. The van der Waals surface area contributed by atoms with Crippen LogP contribution in [0.25, 0.3) is 0 Å². The fourth-order valence-corrected chi connectivity index (χ4v) is 3.94. The summed E-state index contributed by atoms with van der Waals surface area (Å²) >= 11 is 0. The van der Waals surface area contributed by atoms with Gasteiger partial charge in [-0.2, -0.15) is 0 Å². The molecule has 0 unspecified atom stereocenters. The molecule has 2 rings (SSSR count). The molecule has 1 heterocycles. The third-order valence-corrected chi connectivity index (χ3v) is 5.53. The first-order valence-corrected chi connectivity index (χ1v) is 9.50. The molecule has 0 aromatic heterocycles. The van der Waals surface area contributed by atoms with Gasteiger partial charge in [0, 0.05) is 37.1 Å². The second-order valence-corrected chi connectivity index (χ2v) is 7.33. The van der Waals surface area contributed by atoms with E-state index < -0.39 is 0 Å². The molecule has 25 heavy (non-hydrogen) atoms. The summed E-state index contributed by atoms with van der Waals surface area (Å²) in [4.78, 5) is 14.9. The predicted molar refractivity (Wildman–Crippen MR) is 101 cm³/mol. The molecule has 140 valence electrons. The number of ether oxygens (including phenoxy) is 2. The van der Waals surface area contributed by atoms with E-state index in [0.717, 1.165) is 37.2 Å². The van der Waals surface area contributed by atoms with Crippen LogP contribution in [0.5, 0.6) is 5.75 Å². The van der Waals surface area contributed by atoms with Crippen molar-refractivity contribution in [2.24, 2.45) is 5.92 Å². The highest BCUT2D eigenvalue weighted by Gasteiger charge is 2.43. The zero-order chi connectivity index (χ0) is 18.4. The molecular weight excluding hydrogens is 314 g/mol. The fourth-order valence-electron chi connectivity index (χ4n) is 3.94. The highest BCUT2D eigenvalue weighted by Crippen LogP contribution is 2.45. The van der Waals surface area contributed by atoms with E-state index in [1.165, 1.54) is 0 Å². The molecule has 0 N–H and O–H groups in total. The molecule has 1 aromatic carbocycles. The number of methoxy groups -OCH3 is 1. The van der Waals surface area contributed by atoms with Crippen LogP contribution in [0.3, 0.4) is 0 Å². The number of nitrogens with zero attached hydrogens (tertiary/aromatic N) is 1. The SMILES string of the molecule is CCN(CC)C(=O)C[C@]1(c2ccccc2OC)CCO[C@@H](C(C)C)C1. The molecule has 0 aliphatic carbocycles. The summed E-state index contributed by atoms with van der Waals surface area (Å²) in [7, 11) is 1.71. The van der Waals surface area contributed by atoms with Gasteiger partial charge in [-0.1, -0.05) is 32.0 Å². The summed E-state index contributed by atoms with van der Waals surface area (Å²) in [6.45, 7) is 10.6. The number of amides is 1. The summed E-state index contributed by atoms with van der Waals surface area (Å²) in [6.07, 6.45) is 2.40. The van der Waals surface area contributed by atoms with Gasteiger partial charge in [-0.05, 0) is 38.7 Å². The number of hydrogen-bond donors (Lipinski definition) is 0. The van der Waals surface area contributed by atoms with Crippen molar-refractivity contribution in [1.82, 2.24) is 4.90 Å². The van der Waals surface area contributed by atoms with Gasteiger partial charge in [0.25, 0.3) is 0 Å². The standard InChI is InChI=1S/C21H33NO3/c1-6-22(7-2)20(23)15-21(12-13-25-19(14-21)16(3)4)17-10-8-9-11-18(17)24-5/h8-11,16,19H,6-7,12-15H2,1-5H3/t19-,21+/m1/s1. The average molecular weight is 347 g/mol. The zero-order valence-electron chi connectivity index (χ0n) is 16.4. The summed E-state index contributed by atoms with van der Waals surface area (Å²) in [5, 5.41) is 0. The minimum Gasteiger partial charge on any atom is -0.496 e. The first-order valence-electron chi connectivity index (χ1n) is 9.50. The number of para-hydroxylation sites is 1. The van der Waals surface area contributed by atoms with Gasteiger partial charge in [0.1, 0.15) is 5.75 Å². The van der Waals surface area contributed by atoms with Gasteiger partial charge in [0.15, 0.2) is 0 Å². The molecule has 1 aliphatic rings. The van der Waals surface area contributed by atoms with Crippen molar-refractivity contribution >= 4 is 5.91 Å². The monoisotopic (exact) mass is 347 g/mol. The molecule has 4 heteroatoms. The van der Waals surface area contributed by atoms with Gasteiger partial charge in [0.05, 0.1) is 13.2 Å². The van der Waals surface area contributed by atoms with E-state index in [4.69, 9.17) is 9.47 Å². The van der Waals surface area contributed by atoms with E-state index in [1.54, 1.807) is 7.11 Å². The first kappa shape index (κ1) is 19.8. The van der Waals surface area contributed by atoms with Crippen LogP contribution in [0.4, 0.5) is 0 Å². The molecule has 0 spiro atoms. The van der Waals surface area contributed by atoms with Crippen LogP contribution in [0.2, 0.25) is 0 Å². The molecule has 2 atom stereocenters. The number of carbonyl (C=O) groups excluding carboxylic acids is 1. The van der Waals surface area contributed by atoms with Crippen LogP contribution >= 0.6 is 0 Å². The van der Waals surface area contributed by atoms with E-state index >= 15 is 0 Å². The summed E-state index contributed by atoms with van der Waals surface area (Å²) in [5.74, 6) is 1.53. The molecule has 0 saturated carbocycles. The summed E-state index contributed by atoms with van der Waals surface area (Å²) in [6, 6.07) is 8.15. The smallest absolute Gasteiger partial charge is 0.223 e. The van der Waals surface area contributed by atoms with E-state index in [9.17, 15) is 4.79 Å². The third kappa shape index (κ3) is 4.35. The largest absolute Gasteiger partial charge is 0.496 e. The highest BCUT2D eigenvalue weighted by molar-refractivity contribution is 5.78. The quantitative estimate of drug-likeness (QED) is 0.747. The van der Waals surface area contributed by atoms with Gasteiger partial charge in [-0.3, -0.25) is 4.79 Å². The number of rotatable bonds is 7.